The molecule has 3 rings (SSSR count). The number of carbonyl (C=O) groups is 1. The fraction of sp³-hybridized carbons (Fsp3) is 0.250. The van der Waals surface area contributed by atoms with E-state index < -0.39 is 0 Å². The highest BCUT2D eigenvalue weighted by Crippen LogP contribution is 2.20. The highest BCUT2D eigenvalue weighted by molar-refractivity contribution is 7.13. The van der Waals surface area contributed by atoms with Crippen molar-refractivity contribution in [1.82, 2.24) is 29.8 Å². The Hall–Kier alpha value is -2.55. The summed E-state index contributed by atoms with van der Waals surface area (Å²) in [6.45, 7) is 2.70. The van der Waals surface area contributed by atoms with Crippen LogP contribution in [0.3, 0.4) is 0 Å². The van der Waals surface area contributed by atoms with Gasteiger partial charge in [0.05, 0.1) is 18.9 Å². The minimum Gasteiger partial charge on any atom is -0.306 e. The third-order valence-electron chi connectivity index (χ3n) is 2.70. The van der Waals surface area contributed by atoms with Crippen LogP contribution in [-0.2, 0) is 17.9 Å². The van der Waals surface area contributed by atoms with Crippen molar-refractivity contribution in [1.29, 1.82) is 0 Å². The Bertz CT molecular complexity index is 730. The summed E-state index contributed by atoms with van der Waals surface area (Å²) < 4.78 is 1.57. The molecule has 0 aliphatic heterocycles. The predicted molar refractivity (Wildman–Crippen MR) is 77.7 cm³/mol. The number of nitrogens with one attached hydrogen (secondary N) is 1. The van der Waals surface area contributed by atoms with Crippen LogP contribution in [0.5, 0.6) is 0 Å². The Labute approximate surface area is 124 Å². The SMILES string of the molecule is CCn1ncc(NC(=O)Cn2cc(-c3nccs3)cn2)n1. The molecule has 0 bridgehead atoms. The number of amides is 1. The zero-order chi connectivity index (χ0) is 14.7. The fourth-order valence-corrected chi connectivity index (χ4v) is 2.38. The monoisotopic (exact) mass is 303 g/mol. The van der Waals surface area contributed by atoms with E-state index in [0.717, 1.165) is 10.6 Å². The molecule has 0 unspecified atom stereocenters. The van der Waals surface area contributed by atoms with Gasteiger partial charge in [-0.3, -0.25) is 9.48 Å². The molecule has 0 aliphatic carbocycles. The van der Waals surface area contributed by atoms with E-state index in [-0.39, 0.29) is 12.5 Å². The van der Waals surface area contributed by atoms with Crippen LogP contribution >= 0.6 is 11.3 Å². The van der Waals surface area contributed by atoms with Gasteiger partial charge in [0.1, 0.15) is 11.6 Å². The van der Waals surface area contributed by atoms with Crippen LogP contribution in [0.4, 0.5) is 5.82 Å². The van der Waals surface area contributed by atoms with Crippen molar-refractivity contribution in [2.75, 3.05) is 5.32 Å². The van der Waals surface area contributed by atoms with Gasteiger partial charge in [0.2, 0.25) is 5.91 Å². The van der Waals surface area contributed by atoms with Crippen molar-refractivity contribution in [2.45, 2.75) is 20.0 Å². The number of anilines is 1. The molecule has 0 saturated carbocycles. The molecule has 0 spiro atoms. The van der Waals surface area contributed by atoms with Crippen molar-refractivity contribution in [3.05, 3.63) is 30.2 Å². The zero-order valence-corrected chi connectivity index (χ0v) is 12.1. The number of hydrogen-bond acceptors (Lipinski definition) is 6. The molecule has 0 aliphatic rings. The molecule has 1 N–H and O–H groups in total. The molecule has 8 nitrogen and oxygen atoms in total. The van der Waals surface area contributed by atoms with Crippen LogP contribution in [0, 0.1) is 0 Å². The average Bonchev–Trinajstić information content (AvgIpc) is 3.19. The summed E-state index contributed by atoms with van der Waals surface area (Å²) >= 11 is 1.53. The van der Waals surface area contributed by atoms with Crippen molar-refractivity contribution >= 4 is 23.1 Å². The summed E-state index contributed by atoms with van der Waals surface area (Å²) in [6.07, 6.45) is 6.74. The normalized spacial score (nSPS) is 10.7. The van der Waals surface area contributed by atoms with Gasteiger partial charge in [-0.05, 0) is 6.92 Å². The van der Waals surface area contributed by atoms with Gasteiger partial charge in [-0.1, -0.05) is 0 Å². The molecule has 3 aromatic heterocycles. The zero-order valence-electron chi connectivity index (χ0n) is 11.3. The first kappa shape index (κ1) is 13.4. The van der Waals surface area contributed by atoms with Crippen molar-refractivity contribution in [3.63, 3.8) is 0 Å². The third-order valence-corrected chi connectivity index (χ3v) is 3.53. The summed E-state index contributed by atoms with van der Waals surface area (Å²) in [6, 6.07) is 0. The Kier molecular flexibility index (Phi) is 3.73. The summed E-state index contributed by atoms with van der Waals surface area (Å²) in [5, 5.41) is 17.7. The third kappa shape index (κ3) is 3.14. The molecule has 0 radical (unpaired) electrons. The standard InChI is InChI=1S/C12H13N7OS/c1-2-19-15-6-10(17-19)16-11(20)8-18-7-9(5-14-18)12-13-3-4-21-12/h3-7H,2,8H2,1H3,(H,16,17,20). The van der Waals surface area contributed by atoms with Crippen LogP contribution in [0.2, 0.25) is 0 Å². The fourth-order valence-electron chi connectivity index (χ4n) is 1.76. The second kappa shape index (κ2) is 5.83. The van der Waals surface area contributed by atoms with E-state index in [1.54, 1.807) is 23.3 Å². The number of aromatic nitrogens is 6. The minimum absolute atomic E-state index is 0.115. The minimum atomic E-state index is -0.202. The van der Waals surface area contributed by atoms with Crippen molar-refractivity contribution in [3.8, 4) is 10.6 Å². The lowest BCUT2D eigenvalue weighted by molar-refractivity contribution is -0.116. The molecule has 1 amide bonds. The number of aryl methyl sites for hydroxylation is 1. The summed E-state index contributed by atoms with van der Waals surface area (Å²) in [4.78, 5) is 17.6. The lowest BCUT2D eigenvalue weighted by atomic mass is 10.4. The molecular formula is C12H13N7OS. The van der Waals surface area contributed by atoms with Gasteiger partial charge >= 0.3 is 0 Å². The largest absolute Gasteiger partial charge is 0.306 e. The van der Waals surface area contributed by atoms with Crippen LogP contribution < -0.4 is 5.32 Å². The Morgan fingerprint density at radius 3 is 3.00 bits per heavy atom. The number of nitrogens with zero attached hydrogens (tertiary/aromatic N) is 6. The van der Waals surface area contributed by atoms with Gasteiger partial charge in [-0.2, -0.15) is 15.0 Å². The number of hydrogen-bond donors (Lipinski definition) is 1. The maximum atomic E-state index is 11.9. The molecule has 3 aromatic rings. The van der Waals surface area contributed by atoms with E-state index in [0.29, 0.717) is 12.4 Å². The molecule has 0 saturated heterocycles. The quantitative estimate of drug-likeness (QED) is 0.766. The lowest BCUT2D eigenvalue weighted by Crippen LogP contribution is -2.19. The maximum absolute atomic E-state index is 11.9. The molecule has 21 heavy (non-hydrogen) atoms. The highest BCUT2D eigenvalue weighted by atomic mass is 32.1. The highest BCUT2D eigenvalue weighted by Gasteiger charge is 2.09. The van der Waals surface area contributed by atoms with Gasteiger partial charge in [-0.25, -0.2) is 4.98 Å². The average molecular weight is 303 g/mol. The molecule has 3 heterocycles. The molecule has 0 fully saturated rings. The van der Waals surface area contributed by atoms with E-state index in [2.05, 4.69) is 25.6 Å². The Balaban J connectivity index is 1.62. The Morgan fingerprint density at radius 1 is 1.38 bits per heavy atom. The smallest absolute Gasteiger partial charge is 0.247 e. The first-order chi connectivity index (χ1) is 10.2. The van der Waals surface area contributed by atoms with E-state index in [1.165, 1.54) is 22.3 Å². The summed E-state index contributed by atoms with van der Waals surface area (Å²) in [5.74, 6) is 0.237. The van der Waals surface area contributed by atoms with Gasteiger partial charge in [0, 0.05) is 23.3 Å². The first-order valence-corrected chi connectivity index (χ1v) is 7.25. The van der Waals surface area contributed by atoms with Crippen molar-refractivity contribution < 1.29 is 4.79 Å². The molecular weight excluding hydrogens is 290 g/mol. The topological polar surface area (TPSA) is 90.5 Å². The van der Waals surface area contributed by atoms with E-state index in [4.69, 9.17) is 0 Å². The first-order valence-electron chi connectivity index (χ1n) is 6.37. The second-order valence-electron chi connectivity index (χ2n) is 4.23. The molecule has 9 heteroatoms. The predicted octanol–water partition coefficient (Wildman–Crippen LogP) is 1.26. The molecule has 0 atom stereocenters. The van der Waals surface area contributed by atoms with Gasteiger partial charge in [-0.15, -0.1) is 16.4 Å². The van der Waals surface area contributed by atoms with Gasteiger partial charge in [0.25, 0.3) is 0 Å². The number of thiazole rings is 1. The van der Waals surface area contributed by atoms with Crippen molar-refractivity contribution in [2.24, 2.45) is 0 Å². The lowest BCUT2D eigenvalue weighted by Gasteiger charge is -2.01. The molecule has 0 aromatic carbocycles. The van der Waals surface area contributed by atoms with Gasteiger partial charge in [0.15, 0.2) is 5.82 Å². The Morgan fingerprint density at radius 2 is 2.29 bits per heavy atom. The van der Waals surface area contributed by atoms with E-state index in [1.807, 2.05) is 12.3 Å². The van der Waals surface area contributed by atoms with Gasteiger partial charge < -0.3 is 5.32 Å². The number of carbonyl (C=O) groups excluding carboxylic acids is 1. The summed E-state index contributed by atoms with van der Waals surface area (Å²) in [7, 11) is 0. The van der Waals surface area contributed by atoms with E-state index >= 15 is 0 Å². The molecule has 108 valence electrons. The van der Waals surface area contributed by atoms with E-state index in [9.17, 15) is 4.79 Å². The van der Waals surface area contributed by atoms with Crippen LogP contribution in [0.15, 0.2) is 30.2 Å². The number of rotatable bonds is 5. The van der Waals surface area contributed by atoms with Crippen LogP contribution in [0.1, 0.15) is 6.92 Å². The van der Waals surface area contributed by atoms with Crippen LogP contribution in [0.25, 0.3) is 10.6 Å². The second-order valence-corrected chi connectivity index (χ2v) is 5.12. The van der Waals surface area contributed by atoms with Crippen LogP contribution in [-0.4, -0.2) is 35.7 Å². The summed E-state index contributed by atoms with van der Waals surface area (Å²) in [5.41, 5.74) is 0.898. The maximum Gasteiger partial charge on any atom is 0.247 e.